The number of ether oxygens (including phenoxy) is 1. The normalized spacial score (nSPS) is 52.0. The van der Waals surface area contributed by atoms with E-state index in [-0.39, 0.29) is 17.6 Å². The first-order valence-corrected chi connectivity index (χ1v) is 13.8. The Morgan fingerprint density at radius 1 is 1.00 bits per heavy atom. The molecule has 1 heterocycles. The first-order chi connectivity index (χ1) is 15.1. The quantitative estimate of drug-likeness (QED) is 0.405. The van der Waals surface area contributed by atoms with Gasteiger partial charge in [0.1, 0.15) is 0 Å². The van der Waals surface area contributed by atoms with E-state index >= 15 is 0 Å². The average Bonchev–Trinajstić information content (AvgIpc) is 3.43. The molecule has 1 aliphatic heterocycles. The van der Waals surface area contributed by atoms with Gasteiger partial charge in [0.25, 0.3) is 0 Å². The van der Waals surface area contributed by atoms with E-state index in [0.29, 0.717) is 59.0 Å². The Bertz CT molecular complexity index is 745. The molecule has 182 valence electrons. The van der Waals surface area contributed by atoms with E-state index in [1.165, 1.54) is 37.7 Å². The zero-order valence-electron chi connectivity index (χ0n) is 21.4. The lowest BCUT2D eigenvalue weighted by Gasteiger charge is -2.59. The Labute approximate surface area is 196 Å². The number of hydrogen-bond donors (Lipinski definition) is 2. The van der Waals surface area contributed by atoms with Crippen molar-refractivity contribution in [3.63, 3.8) is 0 Å². The molecule has 0 aromatic rings. The van der Waals surface area contributed by atoms with Gasteiger partial charge >= 0.3 is 0 Å². The first-order valence-electron chi connectivity index (χ1n) is 13.8. The summed E-state index contributed by atoms with van der Waals surface area (Å²) in [7, 11) is 0. The highest BCUT2D eigenvalue weighted by Crippen LogP contribution is 2.68. The molecule has 0 aromatic carbocycles. The van der Waals surface area contributed by atoms with Crippen molar-refractivity contribution >= 4 is 0 Å². The lowest BCUT2D eigenvalue weighted by atomic mass is 9.46. The summed E-state index contributed by atoms with van der Waals surface area (Å²) >= 11 is 0. The van der Waals surface area contributed by atoms with Gasteiger partial charge < -0.3 is 14.9 Å². The molecule has 3 saturated carbocycles. The highest BCUT2D eigenvalue weighted by Gasteiger charge is 2.63. The molecule has 3 nitrogen and oxygen atoms in total. The maximum atomic E-state index is 11.4. The molecular formula is C29H48O3. The largest absolute Gasteiger partial charge is 0.393 e. The summed E-state index contributed by atoms with van der Waals surface area (Å²) in [5.41, 5.74) is 1.86. The van der Waals surface area contributed by atoms with Crippen LogP contribution in [0.2, 0.25) is 0 Å². The number of rotatable bonds is 5. The van der Waals surface area contributed by atoms with E-state index < -0.39 is 0 Å². The molecule has 0 spiro atoms. The molecule has 4 fully saturated rings. The molecule has 4 aliphatic carbocycles. The fourth-order valence-corrected chi connectivity index (χ4v) is 9.75. The van der Waals surface area contributed by atoms with Crippen molar-refractivity contribution < 1.29 is 14.9 Å². The van der Waals surface area contributed by atoms with E-state index in [9.17, 15) is 10.2 Å². The summed E-state index contributed by atoms with van der Waals surface area (Å²) in [5.74, 6) is 4.30. The van der Waals surface area contributed by atoms with Crippen LogP contribution in [-0.4, -0.2) is 34.6 Å². The number of aliphatic hydroxyl groups excluding tert-OH is 2. The molecule has 1 unspecified atom stereocenters. The highest BCUT2D eigenvalue weighted by atomic mass is 16.6. The molecule has 2 N–H and O–H groups in total. The number of hydrogen-bond acceptors (Lipinski definition) is 3. The summed E-state index contributed by atoms with van der Waals surface area (Å²) in [6.45, 7) is 14.5. The smallest absolute Gasteiger partial charge is 0.0875 e. The van der Waals surface area contributed by atoms with E-state index in [1.807, 2.05) is 0 Å². The summed E-state index contributed by atoms with van der Waals surface area (Å²) in [5, 5.41) is 21.6. The van der Waals surface area contributed by atoms with Gasteiger partial charge in [-0.1, -0.05) is 59.6 Å². The van der Waals surface area contributed by atoms with Crippen molar-refractivity contribution in [3.05, 3.63) is 11.6 Å². The van der Waals surface area contributed by atoms with Gasteiger partial charge in [-0.05, 0) is 97.2 Å². The molecule has 12 atom stereocenters. The third kappa shape index (κ3) is 3.39. The van der Waals surface area contributed by atoms with E-state index in [1.54, 1.807) is 0 Å². The molecule has 0 aromatic heterocycles. The maximum absolute atomic E-state index is 11.4. The predicted molar refractivity (Wildman–Crippen MR) is 129 cm³/mol. The van der Waals surface area contributed by atoms with Crippen molar-refractivity contribution in [1.29, 1.82) is 0 Å². The molecular weight excluding hydrogens is 396 g/mol. The van der Waals surface area contributed by atoms with Crippen molar-refractivity contribution in [2.45, 2.75) is 117 Å². The standard InChI is InChI=1S/C29H48O3/c1-7-20(16(2)3)27-26(32-27)17(4)21-8-9-22-25-23(11-13-29(21,22)6)28(5)12-10-19(30)14-18(28)15-24(25)31/h15-17,19-27,30-31H,7-14H2,1-6H3/t17-,19-,20?,21+,22-,23-,24+,25-,26+,27+,28-,29+/m0/s1. The second kappa shape index (κ2) is 8.09. The van der Waals surface area contributed by atoms with Crippen LogP contribution in [0.4, 0.5) is 0 Å². The average molecular weight is 445 g/mol. The topological polar surface area (TPSA) is 53.0 Å². The Morgan fingerprint density at radius 3 is 2.44 bits per heavy atom. The van der Waals surface area contributed by atoms with Crippen molar-refractivity contribution in [2.24, 2.45) is 52.3 Å². The molecule has 5 rings (SSSR count). The zero-order chi connectivity index (χ0) is 23.0. The number of fused-ring (bicyclic) bond motifs is 5. The summed E-state index contributed by atoms with van der Waals surface area (Å²) in [4.78, 5) is 0. The zero-order valence-corrected chi connectivity index (χ0v) is 21.4. The Balaban J connectivity index is 1.36. The van der Waals surface area contributed by atoms with Gasteiger partial charge in [-0.3, -0.25) is 0 Å². The van der Waals surface area contributed by atoms with Crippen LogP contribution < -0.4 is 0 Å². The number of aliphatic hydroxyl groups is 2. The van der Waals surface area contributed by atoms with Gasteiger partial charge in [0.2, 0.25) is 0 Å². The van der Waals surface area contributed by atoms with Gasteiger partial charge in [0.05, 0.1) is 24.4 Å². The van der Waals surface area contributed by atoms with Crippen molar-refractivity contribution in [3.8, 4) is 0 Å². The van der Waals surface area contributed by atoms with Crippen LogP contribution in [-0.2, 0) is 4.74 Å². The molecule has 5 aliphatic rings. The Kier molecular flexibility index (Phi) is 5.91. The second-order valence-electron chi connectivity index (χ2n) is 13.3. The predicted octanol–water partition coefficient (Wildman–Crippen LogP) is 5.98. The van der Waals surface area contributed by atoms with Crippen LogP contribution in [0.5, 0.6) is 0 Å². The van der Waals surface area contributed by atoms with Gasteiger partial charge in [-0.15, -0.1) is 0 Å². The molecule has 0 bridgehead atoms. The number of epoxide rings is 1. The summed E-state index contributed by atoms with van der Waals surface area (Å²) < 4.78 is 6.37. The molecule has 1 saturated heterocycles. The summed E-state index contributed by atoms with van der Waals surface area (Å²) in [6, 6.07) is 0. The minimum atomic E-state index is -0.331. The summed E-state index contributed by atoms with van der Waals surface area (Å²) in [6.07, 6.45) is 11.6. The monoisotopic (exact) mass is 444 g/mol. The minimum Gasteiger partial charge on any atom is -0.393 e. The van der Waals surface area contributed by atoms with Gasteiger partial charge in [0, 0.05) is 0 Å². The van der Waals surface area contributed by atoms with Crippen LogP contribution in [0.3, 0.4) is 0 Å². The lowest BCUT2D eigenvalue weighted by molar-refractivity contribution is -0.0976. The Hall–Kier alpha value is -0.380. The second-order valence-corrected chi connectivity index (χ2v) is 13.3. The highest BCUT2D eigenvalue weighted by molar-refractivity contribution is 5.28. The van der Waals surface area contributed by atoms with Gasteiger partial charge in [-0.25, -0.2) is 0 Å². The SMILES string of the molecule is CCC(C(C)C)[C@H]1O[C@@H]1[C@@H](C)[C@H]1CC[C@H]2[C@@H]3[C@H](O)C=C4C[C@@H](O)CC[C@]4(C)[C@H]3CC[C@]12C. The van der Waals surface area contributed by atoms with Crippen LogP contribution in [0.15, 0.2) is 11.6 Å². The van der Waals surface area contributed by atoms with Crippen LogP contribution in [0.25, 0.3) is 0 Å². The lowest BCUT2D eigenvalue weighted by Crippen LogP contribution is -2.55. The fourth-order valence-electron chi connectivity index (χ4n) is 9.75. The van der Waals surface area contributed by atoms with E-state index in [4.69, 9.17) is 4.74 Å². The van der Waals surface area contributed by atoms with Crippen molar-refractivity contribution in [2.75, 3.05) is 0 Å². The minimum absolute atomic E-state index is 0.185. The fraction of sp³-hybridized carbons (Fsp3) is 0.931. The van der Waals surface area contributed by atoms with Crippen LogP contribution >= 0.6 is 0 Å². The molecule has 0 amide bonds. The van der Waals surface area contributed by atoms with Gasteiger partial charge in [-0.2, -0.15) is 0 Å². The molecule has 32 heavy (non-hydrogen) atoms. The van der Waals surface area contributed by atoms with Gasteiger partial charge in [0.15, 0.2) is 0 Å². The first kappa shape index (κ1) is 23.4. The van der Waals surface area contributed by atoms with E-state index in [2.05, 4.69) is 47.6 Å². The third-order valence-electron chi connectivity index (χ3n) is 11.6. The van der Waals surface area contributed by atoms with E-state index in [0.717, 1.165) is 19.3 Å². The van der Waals surface area contributed by atoms with Crippen LogP contribution in [0.1, 0.15) is 92.9 Å². The molecule has 3 heteroatoms. The molecule has 0 radical (unpaired) electrons. The Morgan fingerprint density at radius 2 is 1.75 bits per heavy atom. The van der Waals surface area contributed by atoms with Crippen LogP contribution in [0, 0.1) is 52.3 Å². The third-order valence-corrected chi connectivity index (χ3v) is 11.6. The van der Waals surface area contributed by atoms with Crippen molar-refractivity contribution in [1.82, 2.24) is 0 Å². The maximum Gasteiger partial charge on any atom is 0.0875 e.